The number of carbonyl (C=O) groups excluding carboxylic acids is 1. The number of fused-ring (bicyclic) bond motifs is 2. The summed E-state index contributed by atoms with van der Waals surface area (Å²) in [6, 6.07) is 3.06. The van der Waals surface area contributed by atoms with Gasteiger partial charge >= 0.3 is 5.97 Å². The number of aromatic nitrogens is 3. The van der Waals surface area contributed by atoms with Crippen molar-refractivity contribution in [3.8, 4) is 0 Å². The number of H-pyrrole nitrogens is 1. The van der Waals surface area contributed by atoms with Crippen LogP contribution < -0.4 is 5.43 Å². The van der Waals surface area contributed by atoms with Gasteiger partial charge in [0.1, 0.15) is 17.1 Å². The van der Waals surface area contributed by atoms with Crippen molar-refractivity contribution in [3.63, 3.8) is 0 Å². The molecule has 3 aromatic rings. The van der Waals surface area contributed by atoms with Crippen molar-refractivity contribution in [3.05, 3.63) is 49.1 Å². The number of esters is 1. The number of aryl methyl sites for hydroxylation is 2. The maximum Gasteiger partial charge on any atom is 0.348 e. The van der Waals surface area contributed by atoms with Crippen LogP contribution in [0, 0.1) is 12.8 Å². The molecule has 33 heavy (non-hydrogen) atoms. The van der Waals surface area contributed by atoms with Crippen LogP contribution in [0.25, 0.3) is 11.0 Å². The Morgan fingerprint density at radius 2 is 2.15 bits per heavy atom. The van der Waals surface area contributed by atoms with E-state index in [2.05, 4.69) is 17.0 Å². The lowest BCUT2D eigenvalue weighted by molar-refractivity contribution is 0.0473. The van der Waals surface area contributed by atoms with Crippen LogP contribution in [0.15, 0.2) is 16.9 Å². The molecule has 5 rings (SSSR count). The van der Waals surface area contributed by atoms with Gasteiger partial charge in [0.05, 0.1) is 34.3 Å². The molecule has 2 atom stereocenters. The molecule has 4 heterocycles. The van der Waals surface area contributed by atoms with E-state index in [1.807, 2.05) is 6.07 Å². The lowest BCUT2D eigenvalue weighted by Gasteiger charge is -2.19. The van der Waals surface area contributed by atoms with Gasteiger partial charge in [0, 0.05) is 10.9 Å². The van der Waals surface area contributed by atoms with Crippen molar-refractivity contribution in [2.24, 2.45) is 5.92 Å². The van der Waals surface area contributed by atoms with Crippen molar-refractivity contribution in [1.29, 1.82) is 0 Å². The Hall–Kier alpha value is -2.46. The molecule has 0 unspecified atom stereocenters. The summed E-state index contributed by atoms with van der Waals surface area (Å²) in [4.78, 5) is 30.5. The van der Waals surface area contributed by atoms with Crippen LogP contribution in [0.4, 0.5) is 0 Å². The summed E-state index contributed by atoms with van der Waals surface area (Å²) in [6.07, 6.45) is 4.79. The molecule has 1 aliphatic heterocycles. The molecule has 0 bridgehead atoms. The maximum atomic E-state index is 12.8. The molecule has 0 radical (unpaired) electrons. The van der Waals surface area contributed by atoms with Crippen LogP contribution in [0.3, 0.4) is 0 Å². The summed E-state index contributed by atoms with van der Waals surface area (Å²) in [5, 5.41) is 4.88. The molecule has 1 aliphatic carbocycles. The van der Waals surface area contributed by atoms with Gasteiger partial charge in [0.2, 0.25) is 0 Å². The Bertz CT molecular complexity index is 1400. The van der Waals surface area contributed by atoms with E-state index in [0.29, 0.717) is 39.6 Å². The van der Waals surface area contributed by atoms with Crippen molar-refractivity contribution >= 4 is 38.2 Å². The lowest BCUT2D eigenvalue weighted by atomic mass is 9.87. The summed E-state index contributed by atoms with van der Waals surface area (Å²) < 4.78 is 31.0. The minimum absolute atomic E-state index is 0.00635. The van der Waals surface area contributed by atoms with E-state index in [9.17, 15) is 18.0 Å². The highest BCUT2D eigenvalue weighted by Gasteiger charge is 2.31. The molecule has 176 valence electrons. The van der Waals surface area contributed by atoms with Crippen LogP contribution in [-0.2, 0) is 34.0 Å². The third-order valence-electron chi connectivity index (χ3n) is 6.79. The number of hydrogen-bond acceptors (Lipinski definition) is 7. The first-order chi connectivity index (χ1) is 15.7. The monoisotopic (exact) mass is 489 g/mol. The number of aromatic amines is 1. The van der Waals surface area contributed by atoms with Crippen LogP contribution in [0.5, 0.6) is 0 Å². The second kappa shape index (κ2) is 8.39. The topological polar surface area (TPSA) is 111 Å². The fourth-order valence-electron chi connectivity index (χ4n) is 4.95. The minimum atomic E-state index is -3.10. The summed E-state index contributed by atoms with van der Waals surface area (Å²) in [7, 11) is -3.10. The Morgan fingerprint density at radius 3 is 2.88 bits per heavy atom. The van der Waals surface area contributed by atoms with Crippen LogP contribution >= 0.6 is 11.3 Å². The molecule has 2 aliphatic rings. The van der Waals surface area contributed by atoms with Crippen LogP contribution in [0.2, 0.25) is 0 Å². The molecular formula is C23H27N3O5S2. The predicted octanol–water partition coefficient (Wildman–Crippen LogP) is 3.33. The predicted molar refractivity (Wildman–Crippen MR) is 127 cm³/mol. The highest BCUT2D eigenvalue weighted by atomic mass is 32.2. The van der Waals surface area contributed by atoms with Crippen molar-refractivity contribution < 1.29 is 17.9 Å². The molecule has 3 aromatic heterocycles. The highest BCUT2D eigenvalue weighted by Crippen LogP contribution is 2.34. The van der Waals surface area contributed by atoms with E-state index in [1.165, 1.54) is 27.8 Å². The standard InChI is InChI=1S/C23H27N3O5S2/c1-3-14-4-5-19-15(8-14)9-20(32-19)23(28)31-11-16-10-18(27)21-13(2)25-26(22(21)24-16)17-6-7-33(29,30)12-17/h9-10,14,17H,3-8,11-12H2,1-2H3,(H,24,27)/t14-,17+/m1/s1. The van der Waals surface area contributed by atoms with Gasteiger partial charge < -0.3 is 9.72 Å². The molecular weight excluding hydrogens is 462 g/mol. The average molecular weight is 490 g/mol. The van der Waals surface area contributed by atoms with Crippen LogP contribution in [-0.4, -0.2) is 40.7 Å². The molecule has 0 spiro atoms. The van der Waals surface area contributed by atoms with E-state index >= 15 is 0 Å². The molecule has 0 saturated carbocycles. The zero-order valence-electron chi connectivity index (χ0n) is 18.7. The van der Waals surface area contributed by atoms with Gasteiger partial charge in [0.15, 0.2) is 15.3 Å². The second-order valence-electron chi connectivity index (χ2n) is 9.12. The quantitative estimate of drug-likeness (QED) is 0.551. The number of pyridine rings is 1. The van der Waals surface area contributed by atoms with Crippen molar-refractivity contribution in [1.82, 2.24) is 14.8 Å². The zero-order chi connectivity index (χ0) is 23.3. The van der Waals surface area contributed by atoms with Crippen LogP contribution in [0.1, 0.15) is 63.7 Å². The third-order valence-corrected chi connectivity index (χ3v) is 9.76. The van der Waals surface area contributed by atoms with Gasteiger partial charge in [-0.15, -0.1) is 11.3 Å². The first-order valence-corrected chi connectivity index (χ1v) is 14.0. The van der Waals surface area contributed by atoms with Gasteiger partial charge in [-0.05, 0) is 50.2 Å². The number of rotatable bonds is 5. The molecule has 10 heteroatoms. The van der Waals surface area contributed by atoms with E-state index in [0.717, 1.165) is 25.7 Å². The number of hydrogen-bond donors (Lipinski definition) is 1. The van der Waals surface area contributed by atoms with E-state index in [4.69, 9.17) is 4.74 Å². The summed E-state index contributed by atoms with van der Waals surface area (Å²) in [5.41, 5.74) is 2.51. The molecule has 1 fully saturated rings. The molecule has 0 aromatic carbocycles. The van der Waals surface area contributed by atoms with Gasteiger partial charge in [-0.2, -0.15) is 5.10 Å². The van der Waals surface area contributed by atoms with Gasteiger partial charge in [0.25, 0.3) is 0 Å². The summed E-state index contributed by atoms with van der Waals surface area (Å²) >= 11 is 1.50. The van der Waals surface area contributed by atoms with Gasteiger partial charge in [-0.3, -0.25) is 4.79 Å². The molecule has 1 saturated heterocycles. The van der Waals surface area contributed by atoms with Crippen molar-refractivity contribution in [2.75, 3.05) is 11.5 Å². The summed E-state index contributed by atoms with van der Waals surface area (Å²) in [5.74, 6) is 0.404. The number of ether oxygens (including phenoxy) is 1. The molecule has 8 nitrogen and oxygen atoms in total. The zero-order valence-corrected chi connectivity index (χ0v) is 20.4. The highest BCUT2D eigenvalue weighted by molar-refractivity contribution is 7.91. The SMILES string of the molecule is CC[C@@H]1CCc2sc(C(=O)OCc3cc(=O)c4c(C)nn([C@H]5CCS(=O)(=O)C5)c4[nH]3)cc2C1. The Morgan fingerprint density at radius 1 is 1.33 bits per heavy atom. The fourth-order valence-corrected chi connectivity index (χ4v) is 7.75. The van der Waals surface area contributed by atoms with Gasteiger partial charge in [-0.25, -0.2) is 17.9 Å². The molecule has 1 N–H and O–H groups in total. The fraction of sp³-hybridized carbons (Fsp3) is 0.522. The maximum absolute atomic E-state index is 12.8. The number of carbonyl (C=O) groups is 1. The Balaban J connectivity index is 1.37. The molecule has 0 amide bonds. The van der Waals surface area contributed by atoms with E-state index in [-0.39, 0.29) is 29.6 Å². The number of nitrogens with zero attached hydrogens (tertiary/aromatic N) is 2. The number of thiophene rings is 1. The van der Waals surface area contributed by atoms with E-state index < -0.39 is 15.8 Å². The first kappa shape index (κ1) is 22.3. The normalized spacial score (nSPS) is 21.9. The number of nitrogens with one attached hydrogen (secondary N) is 1. The number of sulfone groups is 1. The van der Waals surface area contributed by atoms with E-state index in [1.54, 1.807) is 11.6 Å². The second-order valence-corrected chi connectivity index (χ2v) is 12.5. The largest absolute Gasteiger partial charge is 0.455 e. The first-order valence-electron chi connectivity index (χ1n) is 11.3. The lowest BCUT2D eigenvalue weighted by Crippen LogP contribution is -2.15. The minimum Gasteiger partial charge on any atom is -0.455 e. The summed E-state index contributed by atoms with van der Waals surface area (Å²) in [6.45, 7) is 3.87. The van der Waals surface area contributed by atoms with Gasteiger partial charge in [-0.1, -0.05) is 13.3 Å². The Labute approximate surface area is 195 Å². The Kier molecular flexibility index (Phi) is 5.68. The van der Waals surface area contributed by atoms with Crippen molar-refractivity contribution in [2.45, 2.75) is 58.6 Å². The third kappa shape index (κ3) is 4.26. The average Bonchev–Trinajstić information content (AvgIpc) is 3.46. The smallest absolute Gasteiger partial charge is 0.348 e.